The zero-order valence-electron chi connectivity index (χ0n) is 12.7. The number of nitrogens with zero attached hydrogens (tertiary/aromatic N) is 3. The van der Waals surface area contributed by atoms with Crippen molar-refractivity contribution in [3.8, 4) is 0 Å². The largest absolute Gasteiger partial charge is 0.333 e. The second-order valence-electron chi connectivity index (χ2n) is 5.90. The van der Waals surface area contributed by atoms with Crippen LogP contribution in [0.2, 0.25) is 0 Å². The minimum absolute atomic E-state index is 0.0263. The van der Waals surface area contributed by atoms with Crippen LogP contribution in [0, 0.1) is 0 Å². The number of hydrogen-bond donors (Lipinski definition) is 1. The molecule has 0 bridgehead atoms. The van der Waals surface area contributed by atoms with Crippen LogP contribution in [-0.4, -0.2) is 33.1 Å². The van der Waals surface area contributed by atoms with Crippen LogP contribution in [0.3, 0.4) is 0 Å². The first-order chi connectivity index (χ1) is 10.3. The second kappa shape index (κ2) is 6.00. The molecule has 4 nitrogen and oxygen atoms in total. The fraction of sp³-hybridized carbons (Fsp3) is 0.471. The highest BCUT2D eigenvalue weighted by atomic mass is 15.3. The Morgan fingerprint density at radius 2 is 2.05 bits per heavy atom. The van der Waals surface area contributed by atoms with Crippen molar-refractivity contribution in [1.82, 2.24) is 14.5 Å². The third-order valence-electron chi connectivity index (χ3n) is 4.83. The van der Waals surface area contributed by atoms with E-state index in [4.69, 9.17) is 5.73 Å². The predicted octanol–water partition coefficient (Wildman–Crippen LogP) is 2.05. The molecule has 0 saturated heterocycles. The molecule has 1 atom stereocenters. The summed E-state index contributed by atoms with van der Waals surface area (Å²) in [6.45, 7) is 5.87. The average Bonchev–Trinajstić information content (AvgIpc) is 3.01. The maximum absolute atomic E-state index is 6.22. The van der Waals surface area contributed by atoms with E-state index in [0.717, 1.165) is 38.3 Å². The highest BCUT2D eigenvalue weighted by Crippen LogP contribution is 2.28. The molecule has 0 amide bonds. The average molecular weight is 284 g/mol. The minimum Gasteiger partial charge on any atom is -0.333 e. The molecular weight excluding hydrogens is 260 g/mol. The van der Waals surface area contributed by atoms with Gasteiger partial charge in [0.25, 0.3) is 0 Å². The van der Waals surface area contributed by atoms with Crippen LogP contribution in [0.4, 0.5) is 0 Å². The third-order valence-corrected chi connectivity index (χ3v) is 4.83. The molecule has 3 rings (SSSR count). The second-order valence-corrected chi connectivity index (χ2v) is 5.90. The van der Waals surface area contributed by atoms with Gasteiger partial charge < -0.3 is 10.3 Å². The molecule has 2 N–H and O–H groups in total. The number of imidazole rings is 1. The Balaban J connectivity index is 1.84. The standard InChI is InChI=1S/C17H24N4/c1-2-17(14-18,12-15-6-4-3-5-7-15)21-11-10-20-9-8-19-16(20)13-21/h3-9H,2,10-14,18H2,1H3. The van der Waals surface area contributed by atoms with Gasteiger partial charge in [0.15, 0.2) is 0 Å². The van der Waals surface area contributed by atoms with Gasteiger partial charge in [0.1, 0.15) is 5.82 Å². The Morgan fingerprint density at radius 3 is 2.76 bits per heavy atom. The van der Waals surface area contributed by atoms with Crippen LogP contribution in [0.25, 0.3) is 0 Å². The van der Waals surface area contributed by atoms with Gasteiger partial charge in [0.2, 0.25) is 0 Å². The van der Waals surface area contributed by atoms with Crippen LogP contribution >= 0.6 is 0 Å². The van der Waals surface area contributed by atoms with Gasteiger partial charge in [-0.05, 0) is 18.4 Å². The first kappa shape index (κ1) is 14.3. The van der Waals surface area contributed by atoms with Crippen molar-refractivity contribution in [2.24, 2.45) is 5.73 Å². The fourth-order valence-electron chi connectivity index (χ4n) is 3.36. The summed E-state index contributed by atoms with van der Waals surface area (Å²) in [5.41, 5.74) is 7.61. The Morgan fingerprint density at radius 1 is 1.24 bits per heavy atom. The highest BCUT2D eigenvalue weighted by Gasteiger charge is 2.36. The van der Waals surface area contributed by atoms with Crippen molar-refractivity contribution in [2.45, 2.75) is 38.4 Å². The highest BCUT2D eigenvalue weighted by molar-refractivity contribution is 5.19. The van der Waals surface area contributed by atoms with Gasteiger partial charge in [0.05, 0.1) is 6.54 Å². The number of fused-ring (bicyclic) bond motifs is 1. The van der Waals surface area contributed by atoms with Gasteiger partial charge in [-0.15, -0.1) is 0 Å². The maximum atomic E-state index is 6.22. The van der Waals surface area contributed by atoms with Crippen molar-refractivity contribution >= 4 is 0 Å². The van der Waals surface area contributed by atoms with E-state index in [2.05, 4.69) is 57.9 Å². The van der Waals surface area contributed by atoms with E-state index in [1.807, 2.05) is 6.20 Å². The molecule has 4 heteroatoms. The number of nitrogens with two attached hydrogens (primary N) is 1. The summed E-state index contributed by atoms with van der Waals surface area (Å²) in [7, 11) is 0. The lowest BCUT2D eigenvalue weighted by molar-refractivity contribution is 0.0590. The van der Waals surface area contributed by atoms with Gasteiger partial charge in [-0.3, -0.25) is 4.90 Å². The van der Waals surface area contributed by atoms with Crippen LogP contribution < -0.4 is 5.73 Å². The molecular formula is C17H24N4. The van der Waals surface area contributed by atoms with Crippen LogP contribution in [0.5, 0.6) is 0 Å². The van der Waals surface area contributed by atoms with E-state index in [1.54, 1.807) is 0 Å². The Labute approximate surface area is 126 Å². The van der Waals surface area contributed by atoms with E-state index >= 15 is 0 Å². The summed E-state index contributed by atoms with van der Waals surface area (Å²) in [5.74, 6) is 1.15. The number of aromatic nitrogens is 2. The van der Waals surface area contributed by atoms with Crippen molar-refractivity contribution in [2.75, 3.05) is 13.1 Å². The molecule has 21 heavy (non-hydrogen) atoms. The first-order valence-electron chi connectivity index (χ1n) is 7.76. The zero-order valence-corrected chi connectivity index (χ0v) is 12.7. The van der Waals surface area contributed by atoms with E-state index in [9.17, 15) is 0 Å². The molecule has 1 aliphatic rings. The normalized spacial score (nSPS) is 18.2. The van der Waals surface area contributed by atoms with Crippen molar-refractivity contribution in [3.63, 3.8) is 0 Å². The Hall–Kier alpha value is -1.65. The van der Waals surface area contributed by atoms with Crippen molar-refractivity contribution < 1.29 is 0 Å². The summed E-state index contributed by atoms with van der Waals surface area (Å²) in [6, 6.07) is 10.7. The molecule has 0 aliphatic carbocycles. The lowest BCUT2D eigenvalue weighted by atomic mass is 9.85. The molecule has 1 aromatic heterocycles. The summed E-state index contributed by atoms with van der Waals surface area (Å²) in [5, 5.41) is 0. The molecule has 2 aromatic rings. The van der Waals surface area contributed by atoms with Crippen LogP contribution in [0.1, 0.15) is 24.7 Å². The topological polar surface area (TPSA) is 47.1 Å². The third kappa shape index (κ3) is 2.74. The van der Waals surface area contributed by atoms with Crippen molar-refractivity contribution in [3.05, 3.63) is 54.1 Å². The quantitative estimate of drug-likeness (QED) is 0.914. The summed E-state index contributed by atoms with van der Waals surface area (Å²) in [4.78, 5) is 7.01. The van der Waals surface area contributed by atoms with Crippen LogP contribution in [0.15, 0.2) is 42.7 Å². The number of benzene rings is 1. The summed E-state index contributed by atoms with van der Waals surface area (Å²) < 4.78 is 2.25. The molecule has 0 spiro atoms. The lowest BCUT2D eigenvalue weighted by Crippen LogP contribution is -2.57. The molecule has 0 fully saturated rings. The fourth-order valence-corrected chi connectivity index (χ4v) is 3.36. The SMILES string of the molecule is CCC(CN)(Cc1ccccc1)N1CCn2ccnc2C1. The lowest BCUT2D eigenvalue weighted by Gasteiger charge is -2.45. The van der Waals surface area contributed by atoms with Crippen molar-refractivity contribution in [1.29, 1.82) is 0 Å². The Bertz CT molecular complexity index is 571. The molecule has 112 valence electrons. The smallest absolute Gasteiger partial charge is 0.122 e. The molecule has 1 unspecified atom stereocenters. The van der Waals surface area contributed by atoms with Gasteiger partial charge in [-0.2, -0.15) is 0 Å². The maximum Gasteiger partial charge on any atom is 0.122 e. The summed E-state index contributed by atoms with van der Waals surface area (Å²) in [6.07, 6.45) is 6.02. The monoisotopic (exact) mass is 284 g/mol. The van der Waals surface area contributed by atoms with E-state index in [0.29, 0.717) is 6.54 Å². The number of hydrogen-bond acceptors (Lipinski definition) is 3. The van der Waals surface area contributed by atoms with E-state index < -0.39 is 0 Å². The molecule has 2 heterocycles. The Kier molecular flexibility index (Phi) is 4.08. The van der Waals surface area contributed by atoms with Gasteiger partial charge in [-0.1, -0.05) is 37.3 Å². The van der Waals surface area contributed by atoms with Gasteiger partial charge in [0, 0.05) is 37.6 Å². The molecule has 1 aliphatic heterocycles. The van der Waals surface area contributed by atoms with Crippen LogP contribution in [-0.2, 0) is 19.5 Å². The zero-order chi connectivity index (χ0) is 14.7. The van der Waals surface area contributed by atoms with E-state index in [1.165, 1.54) is 5.56 Å². The molecule has 0 radical (unpaired) electrons. The predicted molar refractivity (Wildman–Crippen MR) is 84.9 cm³/mol. The summed E-state index contributed by atoms with van der Waals surface area (Å²) >= 11 is 0. The minimum atomic E-state index is 0.0263. The van der Waals surface area contributed by atoms with Gasteiger partial charge >= 0.3 is 0 Å². The molecule has 1 aromatic carbocycles. The molecule has 0 saturated carbocycles. The van der Waals surface area contributed by atoms with Gasteiger partial charge in [-0.25, -0.2) is 4.98 Å². The first-order valence-corrected chi connectivity index (χ1v) is 7.76. The number of rotatable bonds is 5. The van der Waals surface area contributed by atoms with E-state index in [-0.39, 0.29) is 5.54 Å².